The Balaban J connectivity index is 1.52. The van der Waals surface area contributed by atoms with Crippen molar-refractivity contribution in [2.45, 2.75) is 52.0 Å². The van der Waals surface area contributed by atoms with Gasteiger partial charge in [-0.2, -0.15) is 0 Å². The maximum atomic E-state index is 13.2. The van der Waals surface area contributed by atoms with Crippen molar-refractivity contribution in [2.75, 3.05) is 18.5 Å². The first-order chi connectivity index (χ1) is 15.6. The molecule has 1 aliphatic rings. The number of hydrogen-bond donors (Lipinski definition) is 2. The van der Waals surface area contributed by atoms with E-state index in [-0.39, 0.29) is 17.4 Å². The smallest absolute Gasteiger partial charge is 0.407 e. The van der Waals surface area contributed by atoms with Crippen LogP contribution < -0.4 is 10.6 Å². The third-order valence-electron chi connectivity index (χ3n) is 5.70. The number of ketones is 1. The molecule has 8 heteroatoms. The van der Waals surface area contributed by atoms with Crippen molar-refractivity contribution in [3.63, 3.8) is 0 Å². The van der Waals surface area contributed by atoms with Crippen LogP contribution in [0.15, 0.2) is 36.5 Å². The first kappa shape index (κ1) is 25.0. The summed E-state index contributed by atoms with van der Waals surface area (Å²) < 4.78 is 18.6. The predicted octanol–water partition coefficient (Wildman–Crippen LogP) is 5.85. The van der Waals surface area contributed by atoms with E-state index in [0.29, 0.717) is 47.0 Å². The molecule has 6 nitrogen and oxygen atoms in total. The molecule has 0 saturated heterocycles. The number of rotatable bonds is 7. The molecule has 1 aromatic carbocycles. The molecule has 1 amide bonds. The highest BCUT2D eigenvalue weighted by Gasteiger charge is 2.24. The largest absolute Gasteiger partial charge is 0.449 e. The second kappa shape index (κ2) is 11.0. The zero-order valence-corrected chi connectivity index (χ0v) is 20.0. The van der Waals surface area contributed by atoms with Crippen LogP contribution in [0.5, 0.6) is 0 Å². The Morgan fingerprint density at radius 3 is 2.39 bits per heavy atom. The molecular weight excluding hydrogens is 445 g/mol. The van der Waals surface area contributed by atoms with Crippen molar-refractivity contribution in [1.29, 1.82) is 0 Å². The number of nitrogens with one attached hydrogen (secondary N) is 2. The second-order valence-corrected chi connectivity index (χ2v) is 10.0. The van der Waals surface area contributed by atoms with Crippen LogP contribution >= 0.6 is 11.6 Å². The van der Waals surface area contributed by atoms with Crippen molar-refractivity contribution in [2.24, 2.45) is 11.8 Å². The van der Waals surface area contributed by atoms with E-state index in [9.17, 15) is 14.0 Å². The van der Waals surface area contributed by atoms with E-state index in [1.165, 1.54) is 30.5 Å². The minimum atomic E-state index is -0.394. The fraction of sp³-hybridized carbons (Fsp3) is 0.480. The van der Waals surface area contributed by atoms with Crippen LogP contribution in [-0.2, 0) is 4.74 Å². The van der Waals surface area contributed by atoms with Crippen LogP contribution in [-0.4, -0.2) is 35.6 Å². The first-order valence-electron chi connectivity index (χ1n) is 11.3. The highest BCUT2D eigenvalue weighted by molar-refractivity contribution is 6.30. The summed E-state index contributed by atoms with van der Waals surface area (Å²) in [5.41, 5.74) is 1.10. The zero-order valence-electron chi connectivity index (χ0n) is 19.3. The number of aromatic nitrogens is 1. The summed E-state index contributed by atoms with van der Waals surface area (Å²) in [7, 11) is 0. The Kier molecular flexibility index (Phi) is 8.30. The van der Waals surface area contributed by atoms with E-state index in [0.717, 1.165) is 25.7 Å². The third kappa shape index (κ3) is 7.70. The normalized spacial score (nSPS) is 18.5. The summed E-state index contributed by atoms with van der Waals surface area (Å²) in [6, 6.07) is 7.09. The molecule has 0 spiro atoms. The average Bonchev–Trinajstić information content (AvgIpc) is 2.76. The molecule has 1 heterocycles. The number of hydrogen-bond acceptors (Lipinski definition) is 5. The summed E-state index contributed by atoms with van der Waals surface area (Å²) in [6.45, 7) is 6.88. The number of pyridine rings is 1. The highest BCUT2D eigenvalue weighted by atomic mass is 35.5. The van der Waals surface area contributed by atoms with Gasteiger partial charge in [-0.3, -0.25) is 4.79 Å². The van der Waals surface area contributed by atoms with E-state index in [4.69, 9.17) is 16.3 Å². The van der Waals surface area contributed by atoms with Crippen molar-refractivity contribution in [3.8, 4) is 0 Å². The number of nitrogens with zero attached hydrogens (tertiary/aromatic N) is 1. The quantitative estimate of drug-likeness (QED) is 0.388. The molecule has 0 unspecified atom stereocenters. The number of amides is 1. The molecule has 178 valence electrons. The van der Waals surface area contributed by atoms with Gasteiger partial charge in [0.1, 0.15) is 11.0 Å². The van der Waals surface area contributed by atoms with Gasteiger partial charge in [-0.05, 0) is 88.6 Å². The minimum absolute atomic E-state index is 0.240. The van der Waals surface area contributed by atoms with Crippen LogP contribution in [0.4, 0.5) is 14.9 Å². The van der Waals surface area contributed by atoms with E-state index in [1.807, 2.05) is 20.8 Å². The summed E-state index contributed by atoms with van der Waals surface area (Å²) in [6.07, 6.45) is 5.04. The molecule has 2 N–H and O–H groups in total. The fourth-order valence-corrected chi connectivity index (χ4v) is 4.06. The van der Waals surface area contributed by atoms with Crippen LogP contribution in [0.2, 0.25) is 5.15 Å². The molecule has 1 fully saturated rings. The van der Waals surface area contributed by atoms with E-state index >= 15 is 0 Å². The van der Waals surface area contributed by atoms with Crippen LogP contribution in [0, 0.1) is 17.7 Å². The Morgan fingerprint density at radius 2 is 1.76 bits per heavy atom. The molecule has 0 bridgehead atoms. The van der Waals surface area contributed by atoms with Gasteiger partial charge in [0.25, 0.3) is 0 Å². The van der Waals surface area contributed by atoms with Gasteiger partial charge in [0.15, 0.2) is 5.78 Å². The summed E-state index contributed by atoms with van der Waals surface area (Å²) in [5, 5.41) is 6.46. The molecule has 0 radical (unpaired) electrons. The number of alkyl carbamates (subject to hydrolysis) is 1. The van der Waals surface area contributed by atoms with Crippen molar-refractivity contribution < 1.29 is 18.7 Å². The minimum Gasteiger partial charge on any atom is -0.449 e. The van der Waals surface area contributed by atoms with Crippen molar-refractivity contribution in [1.82, 2.24) is 10.3 Å². The number of halogens is 2. The Hall–Kier alpha value is -2.67. The lowest BCUT2D eigenvalue weighted by atomic mass is 9.82. The number of ether oxygens (including phenoxy) is 1. The molecule has 33 heavy (non-hydrogen) atoms. The van der Waals surface area contributed by atoms with Gasteiger partial charge >= 0.3 is 6.09 Å². The lowest BCUT2D eigenvalue weighted by molar-refractivity contribution is 0.103. The summed E-state index contributed by atoms with van der Waals surface area (Å²) in [5.74, 6) is 0.161. The average molecular weight is 476 g/mol. The van der Waals surface area contributed by atoms with Gasteiger partial charge < -0.3 is 15.4 Å². The number of anilines is 1. The van der Waals surface area contributed by atoms with Crippen LogP contribution in [0.1, 0.15) is 62.4 Å². The van der Waals surface area contributed by atoms with Gasteiger partial charge in [-0.25, -0.2) is 14.2 Å². The van der Waals surface area contributed by atoms with Gasteiger partial charge in [0.05, 0.1) is 12.2 Å². The second-order valence-electron chi connectivity index (χ2n) is 9.63. The van der Waals surface area contributed by atoms with E-state index in [2.05, 4.69) is 15.6 Å². The maximum Gasteiger partial charge on any atom is 0.407 e. The van der Waals surface area contributed by atoms with E-state index in [1.54, 1.807) is 6.07 Å². The summed E-state index contributed by atoms with van der Waals surface area (Å²) >= 11 is 6.07. The molecule has 0 atom stereocenters. The SMILES string of the molecule is CC(C)(C)NC(=O)OCC1CCC(CNc2cc(Cl)ncc2C(=O)c2ccc(F)cc2)CC1. The lowest BCUT2D eigenvalue weighted by Gasteiger charge is -2.29. The highest BCUT2D eigenvalue weighted by Crippen LogP contribution is 2.30. The van der Waals surface area contributed by atoms with Gasteiger partial charge in [-0.15, -0.1) is 0 Å². The summed E-state index contributed by atoms with van der Waals surface area (Å²) in [4.78, 5) is 28.8. The molecule has 0 aliphatic heterocycles. The topological polar surface area (TPSA) is 80.3 Å². The van der Waals surface area contributed by atoms with Crippen LogP contribution in [0.3, 0.4) is 0 Å². The molecular formula is C25H31ClFN3O3. The molecule has 2 aromatic rings. The molecule has 3 rings (SSSR count). The molecule has 1 aliphatic carbocycles. The van der Waals surface area contributed by atoms with Crippen molar-refractivity contribution in [3.05, 3.63) is 58.6 Å². The van der Waals surface area contributed by atoms with Crippen LogP contribution in [0.25, 0.3) is 0 Å². The van der Waals surface area contributed by atoms with Gasteiger partial charge in [-0.1, -0.05) is 11.6 Å². The lowest BCUT2D eigenvalue weighted by Crippen LogP contribution is -2.41. The Labute approximate surface area is 199 Å². The predicted molar refractivity (Wildman–Crippen MR) is 127 cm³/mol. The fourth-order valence-electron chi connectivity index (χ4n) is 3.91. The molecule has 1 saturated carbocycles. The standard InChI is InChI=1S/C25H31ClFN3O3/c1-25(2,3)30-24(32)33-15-17-6-4-16(5-7-17)13-28-21-12-22(26)29-14-20(21)23(31)18-8-10-19(27)11-9-18/h8-12,14,16-17H,4-7,13,15H2,1-3H3,(H,28,29)(H,30,32). The van der Waals surface area contributed by atoms with E-state index < -0.39 is 5.82 Å². The van der Waals surface area contributed by atoms with Gasteiger partial charge in [0.2, 0.25) is 0 Å². The maximum absolute atomic E-state index is 13.2. The third-order valence-corrected chi connectivity index (χ3v) is 5.90. The Morgan fingerprint density at radius 1 is 1.12 bits per heavy atom. The number of carbonyl (C=O) groups excluding carboxylic acids is 2. The zero-order chi connectivity index (χ0) is 24.0. The van der Waals surface area contributed by atoms with Gasteiger partial charge in [0, 0.05) is 29.5 Å². The number of carbonyl (C=O) groups is 2. The first-order valence-corrected chi connectivity index (χ1v) is 11.6. The molecule has 1 aromatic heterocycles. The van der Waals surface area contributed by atoms with Crippen molar-refractivity contribution >= 4 is 29.2 Å². The monoisotopic (exact) mass is 475 g/mol. The number of benzene rings is 1. The Bertz CT molecular complexity index is 968.